The molecule has 0 aliphatic carbocycles. The predicted molar refractivity (Wildman–Crippen MR) is 113 cm³/mol. The topological polar surface area (TPSA) is 79.8 Å². The van der Waals surface area contributed by atoms with Crippen molar-refractivity contribution in [3.05, 3.63) is 95.3 Å². The summed E-state index contributed by atoms with van der Waals surface area (Å²) in [6, 6.07) is 19.9. The standard InChI is InChI=1S/C23H20FN3O3/c1-16-10-12-17(13-11-16)23(29)27-25-14-18-6-2-5-9-21(18)30-15-22(28)26-20-8-4-3-7-19(20)24/h2-14H,15H2,1H3,(H,26,28)(H,27,29)/b25-14+. The quantitative estimate of drug-likeness (QED) is 0.462. The minimum Gasteiger partial charge on any atom is -0.483 e. The number of aryl methyl sites for hydroxylation is 1. The van der Waals surface area contributed by atoms with Gasteiger partial charge in [0.15, 0.2) is 6.61 Å². The van der Waals surface area contributed by atoms with Gasteiger partial charge in [0.2, 0.25) is 0 Å². The number of para-hydroxylation sites is 2. The second kappa shape index (κ2) is 9.97. The number of hydrogen-bond acceptors (Lipinski definition) is 4. The Morgan fingerprint density at radius 3 is 2.47 bits per heavy atom. The van der Waals surface area contributed by atoms with Gasteiger partial charge in [-0.25, -0.2) is 9.82 Å². The highest BCUT2D eigenvalue weighted by Gasteiger charge is 2.09. The maximum absolute atomic E-state index is 13.6. The molecule has 152 valence electrons. The molecule has 0 aromatic heterocycles. The van der Waals surface area contributed by atoms with E-state index in [0.717, 1.165) is 5.56 Å². The van der Waals surface area contributed by atoms with Crippen LogP contribution in [0.2, 0.25) is 0 Å². The summed E-state index contributed by atoms with van der Waals surface area (Å²) in [6.45, 7) is 1.63. The molecule has 3 aromatic rings. The normalized spacial score (nSPS) is 10.6. The van der Waals surface area contributed by atoms with E-state index in [4.69, 9.17) is 4.74 Å². The molecule has 0 saturated carbocycles. The molecule has 0 radical (unpaired) electrons. The van der Waals surface area contributed by atoms with Crippen LogP contribution in [0.15, 0.2) is 77.9 Å². The van der Waals surface area contributed by atoms with Gasteiger partial charge >= 0.3 is 0 Å². The minimum atomic E-state index is -0.525. The Labute approximate surface area is 173 Å². The molecule has 0 atom stereocenters. The number of nitrogens with one attached hydrogen (secondary N) is 2. The Morgan fingerprint density at radius 1 is 1.00 bits per heavy atom. The van der Waals surface area contributed by atoms with Crippen molar-refractivity contribution in [1.29, 1.82) is 0 Å². The van der Waals surface area contributed by atoms with Gasteiger partial charge in [-0.05, 0) is 43.3 Å². The number of carbonyl (C=O) groups is 2. The number of anilines is 1. The van der Waals surface area contributed by atoms with Crippen LogP contribution in [0.25, 0.3) is 0 Å². The molecule has 30 heavy (non-hydrogen) atoms. The first-order valence-electron chi connectivity index (χ1n) is 9.19. The van der Waals surface area contributed by atoms with Gasteiger partial charge in [-0.2, -0.15) is 5.10 Å². The smallest absolute Gasteiger partial charge is 0.271 e. The predicted octanol–water partition coefficient (Wildman–Crippen LogP) is 3.92. The maximum atomic E-state index is 13.6. The van der Waals surface area contributed by atoms with Gasteiger partial charge in [0.05, 0.1) is 11.9 Å². The molecule has 6 nitrogen and oxygen atoms in total. The largest absolute Gasteiger partial charge is 0.483 e. The third kappa shape index (κ3) is 5.75. The van der Waals surface area contributed by atoms with Crippen molar-refractivity contribution in [3.63, 3.8) is 0 Å². The molecule has 0 fully saturated rings. The van der Waals surface area contributed by atoms with E-state index in [9.17, 15) is 14.0 Å². The van der Waals surface area contributed by atoms with E-state index in [-0.39, 0.29) is 18.2 Å². The van der Waals surface area contributed by atoms with E-state index < -0.39 is 11.7 Å². The summed E-state index contributed by atoms with van der Waals surface area (Å²) in [5, 5.41) is 6.40. The molecule has 0 heterocycles. The van der Waals surface area contributed by atoms with Gasteiger partial charge in [-0.3, -0.25) is 9.59 Å². The fourth-order valence-corrected chi connectivity index (χ4v) is 2.54. The third-order valence-corrected chi connectivity index (χ3v) is 4.11. The lowest BCUT2D eigenvalue weighted by Crippen LogP contribution is -2.21. The van der Waals surface area contributed by atoms with E-state index in [1.807, 2.05) is 19.1 Å². The molecular formula is C23H20FN3O3. The van der Waals surface area contributed by atoms with E-state index in [2.05, 4.69) is 15.8 Å². The third-order valence-electron chi connectivity index (χ3n) is 4.11. The first kappa shape index (κ1) is 20.7. The number of benzene rings is 3. The van der Waals surface area contributed by atoms with Crippen molar-refractivity contribution in [1.82, 2.24) is 5.43 Å². The number of nitrogens with zero attached hydrogens (tertiary/aromatic N) is 1. The van der Waals surface area contributed by atoms with Crippen LogP contribution in [0.4, 0.5) is 10.1 Å². The second-order valence-electron chi connectivity index (χ2n) is 6.42. The van der Waals surface area contributed by atoms with Crippen LogP contribution in [0.3, 0.4) is 0 Å². The number of amides is 2. The van der Waals surface area contributed by atoms with E-state index in [1.54, 1.807) is 42.5 Å². The van der Waals surface area contributed by atoms with Crippen molar-refractivity contribution < 1.29 is 18.7 Å². The van der Waals surface area contributed by atoms with Crippen LogP contribution in [0.5, 0.6) is 5.75 Å². The molecule has 0 spiro atoms. The molecule has 7 heteroatoms. The van der Waals surface area contributed by atoms with Crippen LogP contribution >= 0.6 is 0 Å². The van der Waals surface area contributed by atoms with Gasteiger partial charge < -0.3 is 10.1 Å². The van der Waals surface area contributed by atoms with Crippen molar-refractivity contribution in [2.75, 3.05) is 11.9 Å². The number of ether oxygens (including phenoxy) is 1. The van der Waals surface area contributed by atoms with E-state index in [0.29, 0.717) is 16.9 Å². The fraction of sp³-hybridized carbons (Fsp3) is 0.0870. The second-order valence-corrected chi connectivity index (χ2v) is 6.42. The summed E-state index contributed by atoms with van der Waals surface area (Å²) in [5.41, 5.74) is 4.65. The highest BCUT2D eigenvalue weighted by Crippen LogP contribution is 2.16. The monoisotopic (exact) mass is 405 g/mol. The summed E-state index contributed by atoms with van der Waals surface area (Å²) < 4.78 is 19.1. The average molecular weight is 405 g/mol. The van der Waals surface area contributed by atoms with E-state index in [1.165, 1.54) is 24.4 Å². The number of rotatable bonds is 7. The van der Waals surface area contributed by atoms with Crippen molar-refractivity contribution in [3.8, 4) is 5.75 Å². The number of halogens is 1. The molecule has 3 rings (SSSR count). The summed E-state index contributed by atoms with van der Waals surface area (Å²) in [5.74, 6) is -0.967. The Bertz CT molecular complexity index is 1070. The SMILES string of the molecule is Cc1ccc(C(=O)N/N=C/c2ccccc2OCC(=O)Nc2ccccc2F)cc1. The molecule has 0 saturated heterocycles. The first-order valence-corrected chi connectivity index (χ1v) is 9.19. The lowest BCUT2D eigenvalue weighted by Gasteiger charge is -2.10. The summed E-state index contributed by atoms with van der Waals surface area (Å²) in [4.78, 5) is 24.1. The molecule has 0 aliphatic heterocycles. The van der Waals surface area contributed by atoms with Crippen LogP contribution in [0, 0.1) is 12.7 Å². The maximum Gasteiger partial charge on any atom is 0.271 e. The van der Waals surface area contributed by atoms with Gasteiger partial charge in [0.25, 0.3) is 11.8 Å². The molecular weight excluding hydrogens is 385 g/mol. The fourth-order valence-electron chi connectivity index (χ4n) is 2.54. The molecule has 3 aromatic carbocycles. The van der Waals surface area contributed by atoms with Crippen LogP contribution in [0.1, 0.15) is 21.5 Å². The molecule has 2 N–H and O–H groups in total. The minimum absolute atomic E-state index is 0.0831. The van der Waals surface area contributed by atoms with Crippen LogP contribution < -0.4 is 15.5 Å². The number of hydrazone groups is 1. The van der Waals surface area contributed by atoms with Gasteiger partial charge in [-0.15, -0.1) is 0 Å². The highest BCUT2D eigenvalue weighted by atomic mass is 19.1. The average Bonchev–Trinajstić information content (AvgIpc) is 2.75. The zero-order valence-electron chi connectivity index (χ0n) is 16.3. The summed E-state index contributed by atoms with van der Waals surface area (Å²) in [7, 11) is 0. The Balaban J connectivity index is 1.58. The Kier molecular flexibility index (Phi) is 6.89. The van der Waals surface area contributed by atoms with Crippen molar-refractivity contribution in [2.24, 2.45) is 5.10 Å². The van der Waals surface area contributed by atoms with Crippen LogP contribution in [-0.4, -0.2) is 24.6 Å². The first-order chi connectivity index (χ1) is 14.5. The molecule has 0 aliphatic rings. The Hall–Kier alpha value is -4.00. The van der Waals surface area contributed by atoms with Crippen LogP contribution in [-0.2, 0) is 4.79 Å². The van der Waals surface area contributed by atoms with Gasteiger partial charge in [0.1, 0.15) is 11.6 Å². The Morgan fingerprint density at radius 2 is 1.70 bits per heavy atom. The van der Waals surface area contributed by atoms with Gasteiger partial charge in [0, 0.05) is 11.1 Å². The summed E-state index contributed by atoms with van der Waals surface area (Å²) in [6.07, 6.45) is 1.43. The van der Waals surface area contributed by atoms with E-state index >= 15 is 0 Å². The van der Waals surface area contributed by atoms with Gasteiger partial charge in [-0.1, -0.05) is 42.0 Å². The summed E-state index contributed by atoms with van der Waals surface area (Å²) >= 11 is 0. The van der Waals surface area contributed by atoms with Crippen molar-refractivity contribution >= 4 is 23.7 Å². The molecule has 2 amide bonds. The zero-order chi connectivity index (χ0) is 21.3. The lowest BCUT2D eigenvalue weighted by atomic mass is 10.1. The van der Waals surface area contributed by atoms with Crippen molar-refractivity contribution in [2.45, 2.75) is 6.92 Å². The number of hydrogen-bond donors (Lipinski definition) is 2. The zero-order valence-corrected chi connectivity index (χ0v) is 16.3. The highest BCUT2D eigenvalue weighted by molar-refractivity contribution is 5.95. The molecule has 0 bridgehead atoms. The molecule has 0 unspecified atom stereocenters. The number of carbonyl (C=O) groups excluding carboxylic acids is 2. The lowest BCUT2D eigenvalue weighted by molar-refractivity contribution is -0.118.